The molecule has 5 nitrogen and oxygen atoms in total. The highest BCUT2D eigenvalue weighted by molar-refractivity contribution is 5.83. The van der Waals surface area contributed by atoms with Crippen molar-refractivity contribution in [2.24, 2.45) is 16.5 Å². The van der Waals surface area contributed by atoms with Crippen LogP contribution < -0.4 is 16.8 Å². The highest BCUT2D eigenvalue weighted by atomic mass is 14.8. The smallest absolute Gasteiger partial charge is 0.0632 e. The zero-order chi connectivity index (χ0) is 18.8. The number of aryl methyl sites for hydroxylation is 1. The van der Waals surface area contributed by atoms with Crippen LogP contribution in [0.25, 0.3) is 0 Å². The fourth-order valence-corrected chi connectivity index (χ4v) is 2.86. The van der Waals surface area contributed by atoms with Gasteiger partial charge in [-0.1, -0.05) is 30.3 Å². The predicted molar refractivity (Wildman–Crippen MR) is 109 cm³/mol. The summed E-state index contributed by atoms with van der Waals surface area (Å²) in [7, 11) is 1.89. The third-order valence-corrected chi connectivity index (χ3v) is 4.23. The summed E-state index contributed by atoms with van der Waals surface area (Å²) in [6.07, 6.45) is 4.55. The number of hydrogen-bond donors (Lipinski definition) is 3. The zero-order valence-electron chi connectivity index (χ0n) is 15.0. The Balaban J connectivity index is 2.25. The molecule has 2 aromatic carbocycles. The number of nitriles is 1. The summed E-state index contributed by atoms with van der Waals surface area (Å²) in [4.78, 5) is 4.56. The van der Waals surface area contributed by atoms with Gasteiger partial charge in [0.15, 0.2) is 0 Å². The van der Waals surface area contributed by atoms with E-state index in [1.807, 2.05) is 55.6 Å². The number of nitrogens with two attached hydrogens (primary N) is 2. The summed E-state index contributed by atoms with van der Waals surface area (Å²) in [5.41, 5.74) is 16.8. The van der Waals surface area contributed by atoms with Crippen molar-refractivity contribution < 1.29 is 0 Å². The van der Waals surface area contributed by atoms with Crippen LogP contribution in [0.15, 0.2) is 65.3 Å². The van der Waals surface area contributed by atoms with Crippen LogP contribution in [-0.2, 0) is 6.42 Å². The first kappa shape index (κ1) is 19.2. The molecule has 0 radical (unpaired) electrons. The van der Waals surface area contributed by atoms with Gasteiger partial charge in [0.05, 0.1) is 11.8 Å². The number of aliphatic imine (C=N–C) groups is 1. The van der Waals surface area contributed by atoms with Gasteiger partial charge in [-0.25, -0.2) is 0 Å². The van der Waals surface area contributed by atoms with E-state index in [9.17, 15) is 0 Å². The molecule has 0 aliphatic heterocycles. The quantitative estimate of drug-likeness (QED) is 0.636. The van der Waals surface area contributed by atoms with Crippen molar-refractivity contribution in [3.63, 3.8) is 0 Å². The molecular formula is C21H25N5. The summed E-state index contributed by atoms with van der Waals surface area (Å²) >= 11 is 0. The lowest BCUT2D eigenvalue weighted by Crippen LogP contribution is -2.18. The Bertz CT molecular complexity index is 817. The van der Waals surface area contributed by atoms with Crippen LogP contribution in [0.3, 0.4) is 0 Å². The Morgan fingerprint density at radius 3 is 2.77 bits per heavy atom. The Morgan fingerprint density at radius 1 is 1.27 bits per heavy atom. The van der Waals surface area contributed by atoms with Gasteiger partial charge in [0.2, 0.25) is 0 Å². The van der Waals surface area contributed by atoms with E-state index in [0.717, 1.165) is 34.5 Å². The van der Waals surface area contributed by atoms with Crippen LogP contribution in [0, 0.1) is 11.3 Å². The fourth-order valence-electron chi connectivity index (χ4n) is 2.86. The molecule has 1 unspecified atom stereocenters. The maximum absolute atomic E-state index is 8.73. The Hall–Kier alpha value is -3.10. The monoisotopic (exact) mass is 347 g/mol. The number of benzene rings is 2. The lowest BCUT2D eigenvalue weighted by atomic mass is 9.90. The number of nitrogens with zero attached hydrogens (tertiary/aromatic N) is 2. The van der Waals surface area contributed by atoms with E-state index in [1.165, 1.54) is 0 Å². The van der Waals surface area contributed by atoms with Crippen molar-refractivity contribution in [1.82, 2.24) is 0 Å². The molecule has 2 aromatic rings. The van der Waals surface area contributed by atoms with Crippen molar-refractivity contribution in [2.45, 2.75) is 18.8 Å². The van der Waals surface area contributed by atoms with E-state index in [1.54, 1.807) is 12.4 Å². The molecule has 0 saturated carbocycles. The minimum atomic E-state index is -0.0471. The zero-order valence-corrected chi connectivity index (χ0v) is 15.0. The second kappa shape index (κ2) is 10.0. The van der Waals surface area contributed by atoms with Gasteiger partial charge in [-0.2, -0.15) is 5.26 Å². The molecule has 0 saturated heterocycles. The molecule has 0 heterocycles. The Morgan fingerprint density at radius 2 is 2.08 bits per heavy atom. The first-order chi connectivity index (χ1) is 12.7. The molecule has 0 aromatic heterocycles. The van der Waals surface area contributed by atoms with E-state index in [2.05, 4.69) is 16.4 Å². The van der Waals surface area contributed by atoms with Gasteiger partial charge >= 0.3 is 0 Å². The second-order valence-corrected chi connectivity index (χ2v) is 5.88. The molecule has 5 heteroatoms. The Labute approximate surface area is 155 Å². The second-order valence-electron chi connectivity index (χ2n) is 5.88. The van der Waals surface area contributed by atoms with Gasteiger partial charge in [-0.15, -0.1) is 0 Å². The van der Waals surface area contributed by atoms with Gasteiger partial charge in [-0.3, -0.25) is 4.99 Å². The van der Waals surface area contributed by atoms with Crippen molar-refractivity contribution in [1.29, 1.82) is 5.26 Å². The summed E-state index contributed by atoms with van der Waals surface area (Å²) < 4.78 is 0. The highest BCUT2D eigenvalue weighted by Crippen LogP contribution is 2.29. The van der Waals surface area contributed by atoms with Crippen LogP contribution in [0.2, 0.25) is 0 Å². The molecule has 5 N–H and O–H groups in total. The molecule has 0 bridgehead atoms. The summed E-state index contributed by atoms with van der Waals surface area (Å²) in [5, 5.41) is 11.9. The number of rotatable bonds is 8. The van der Waals surface area contributed by atoms with Crippen LogP contribution in [0.1, 0.15) is 23.5 Å². The number of anilines is 1. The average molecular weight is 347 g/mol. The van der Waals surface area contributed by atoms with Crippen molar-refractivity contribution >= 4 is 17.6 Å². The first-order valence-electron chi connectivity index (χ1n) is 8.62. The standard InChI is InChI=1S/C21H25N5/c1-25-21-10-3-2-9-19(21)20(14-24)17(13-23)15-26-18-8-4-6-16(12-18)7-5-11-22/h2-4,6,8-10,12-13,15,20,25H,5,7,14,23-24H2,1H3. The van der Waals surface area contributed by atoms with Crippen LogP contribution >= 0.6 is 0 Å². The van der Waals surface area contributed by atoms with E-state index in [0.29, 0.717) is 13.0 Å². The highest BCUT2D eigenvalue weighted by Gasteiger charge is 2.16. The van der Waals surface area contributed by atoms with Gasteiger partial charge in [0, 0.05) is 37.8 Å². The summed E-state index contributed by atoms with van der Waals surface area (Å²) in [6, 6.07) is 18.1. The molecule has 2 rings (SSSR count). The first-order valence-corrected chi connectivity index (χ1v) is 8.62. The van der Waals surface area contributed by atoms with Crippen LogP contribution in [0.4, 0.5) is 11.4 Å². The third-order valence-electron chi connectivity index (χ3n) is 4.23. The van der Waals surface area contributed by atoms with E-state index >= 15 is 0 Å². The molecule has 134 valence electrons. The molecule has 0 amide bonds. The van der Waals surface area contributed by atoms with Gasteiger partial charge in [0.25, 0.3) is 0 Å². The van der Waals surface area contributed by atoms with Crippen LogP contribution in [-0.4, -0.2) is 19.8 Å². The molecule has 0 spiro atoms. The summed E-state index contributed by atoms with van der Waals surface area (Å²) in [5.74, 6) is -0.0471. The minimum absolute atomic E-state index is 0.0471. The summed E-state index contributed by atoms with van der Waals surface area (Å²) in [6.45, 7) is 0.427. The SMILES string of the molecule is CNc1ccccc1C(CN)C(C=Nc1cccc(CCC#N)c1)=CN. The predicted octanol–water partition coefficient (Wildman–Crippen LogP) is 3.47. The average Bonchev–Trinajstić information content (AvgIpc) is 2.70. The Kier molecular flexibility index (Phi) is 7.41. The molecule has 0 aliphatic rings. The molecule has 26 heavy (non-hydrogen) atoms. The van der Waals surface area contributed by atoms with E-state index < -0.39 is 0 Å². The largest absolute Gasteiger partial charge is 0.404 e. The molecule has 0 fully saturated rings. The minimum Gasteiger partial charge on any atom is -0.404 e. The molecule has 0 aliphatic carbocycles. The maximum Gasteiger partial charge on any atom is 0.0632 e. The van der Waals surface area contributed by atoms with E-state index in [-0.39, 0.29) is 5.92 Å². The van der Waals surface area contributed by atoms with Crippen molar-refractivity contribution in [2.75, 3.05) is 18.9 Å². The lowest BCUT2D eigenvalue weighted by molar-refractivity contribution is 0.829. The van der Waals surface area contributed by atoms with Crippen LogP contribution in [0.5, 0.6) is 0 Å². The topological polar surface area (TPSA) is 100 Å². The maximum atomic E-state index is 8.73. The van der Waals surface area contributed by atoms with Gasteiger partial charge in [0.1, 0.15) is 0 Å². The van der Waals surface area contributed by atoms with Crippen molar-refractivity contribution in [3.8, 4) is 6.07 Å². The molecule has 1 atom stereocenters. The van der Waals surface area contributed by atoms with Gasteiger partial charge < -0.3 is 16.8 Å². The fraction of sp³-hybridized carbons (Fsp3) is 0.238. The normalized spacial score (nSPS) is 12.7. The third kappa shape index (κ3) is 4.95. The lowest BCUT2D eigenvalue weighted by Gasteiger charge is -2.19. The van der Waals surface area contributed by atoms with Gasteiger partial charge in [-0.05, 0) is 47.5 Å². The van der Waals surface area contributed by atoms with Crippen molar-refractivity contribution in [3.05, 3.63) is 71.4 Å². The van der Waals surface area contributed by atoms with E-state index in [4.69, 9.17) is 16.7 Å². The number of hydrogen-bond acceptors (Lipinski definition) is 5. The number of para-hydroxylation sites is 1. The molecular weight excluding hydrogens is 322 g/mol. The number of nitrogens with one attached hydrogen (secondary N) is 1.